The molecule has 0 aromatic carbocycles. The summed E-state index contributed by atoms with van der Waals surface area (Å²) < 4.78 is 5.89. The van der Waals surface area contributed by atoms with E-state index in [4.69, 9.17) is 10.6 Å². The minimum Gasteiger partial charge on any atom is -0.474 e. The predicted molar refractivity (Wildman–Crippen MR) is 66.4 cm³/mol. The molecule has 1 fully saturated rings. The van der Waals surface area contributed by atoms with Gasteiger partial charge in [-0.05, 0) is 31.1 Å². The van der Waals surface area contributed by atoms with Crippen molar-refractivity contribution in [3.05, 3.63) is 12.3 Å². The molecule has 1 aliphatic rings. The number of hydrogen-bond donors (Lipinski definition) is 2. The van der Waals surface area contributed by atoms with E-state index in [1.807, 2.05) is 0 Å². The van der Waals surface area contributed by atoms with Crippen molar-refractivity contribution in [1.82, 2.24) is 9.97 Å². The summed E-state index contributed by atoms with van der Waals surface area (Å²) in [5.41, 5.74) is 2.42. The van der Waals surface area contributed by atoms with Crippen molar-refractivity contribution >= 4 is 5.95 Å². The lowest BCUT2D eigenvalue weighted by Crippen LogP contribution is -2.28. The van der Waals surface area contributed by atoms with Gasteiger partial charge in [0.2, 0.25) is 11.8 Å². The Morgan fingerprint density at radius 3 is 2.65 bits per heavy atom. The normalized spacial score (nSPS) is 28.8. The largest absolute Gasteiger partial charge is 0.474 e. The number of nitrogens with one attached hydrogen (secondary N) is 1. The standard InChI is InChI=1S/C12H20N4O/c1-8-5-9(2)7-10(6-8)17-11-3-4-14-12(15-11)16-13/h3-4,8-10H,5-7,13H2,1-2H3,(H,14,15,16). The number of ether oxygens (including phenoxy) is 1. The molecule has 0 radical (unpaired) electrons. The molecule has 0 bridgehead atoms. The molecule has 5 nitrogen and oxygen atoms in total. The SMILES string of the molecule is CC1CC(C)CC(Oc2ccnc(NN)n2)C1. The van der Waals surface area contributed by atoms with E-state index in [0.29, 0.717) is 11.8 Å². The molecule has 0 aliphatic heterocycles. The second-order valence-electron chi connectivity index (χ2n) is 5.02. The first kappa shape index (κ1) is 12.1. The van der Waals surface area contributed by atoms with Crippen LogP contribution in [0.3, 0.4) is 0 Å². The van der Waals surface area contributed by atoms with Crippen LogP contribution in [0.5, 0.6) is 5.88 Å². The molecule has 1 heterocycles. The number of rotatable bonds is 3. The van der Waals surface area contributed by atoms with Gasteiger partial charge in [-0.1, -0.05) is 13.8 Å². The fourth-order valence-electron chi connectivity index (χ4n) is 2.62. The molecule has 17 heavy (non-hydrogen) atoms. The summed E-state index contributed by atoms with van der Waals surface area (Å²) in [5, 5.41) is 0. The van der Waals surface area contributed by atoms with Gasteiger partial charge in [-0.25, -0.2) is 10.8 Å². The van der Waals surface area contributed by atoms with Crippen molar-refractivity contribution in [3.63, 3.8) is 0 Å². The monoisotopic (exact) mass is 236 g/mol. The van der Waals surface area contributed by atoms with E-state index in [1.54, 1.807) is 12.3 Å². The van der Waals surface area contributed by atoms with E-state index in [9.17, 15) is 0 Å². The first-order valence-corrected chi connectivity index (χ1v) is 6.13. The van der Waals surface area contributed by atoms with Crippen LogP contribution in [0, 0.1) is 11.8 Å². The zero-order valence-corrected chi connectivity index (χ0v) is 10.4. The van der Waals surface area contributed by atoms with Crippen LogP contribution < -0.4 is 16.0 Å². The third-order valence-electron chi connectivity index (χ3n) is 3.18. The molecular formula is C12H20N4O. The van der Waals surface area contributed by atoms with Crippen LogP contribution in [0.25, 0.3) is 0 Å². The lowest BCUT2D eigenvalue weighted by atomic mass is 9.82. The summed E-state index contributed by atoms with van der Waals surface area (Å²) in [6.45, 7) is 4.55. The molecule has 1 aliphatic carbocycles. The van der Waals surface area contributed by atoms with E-state index >= 15 is 0 Å². The maximum absolute atomic E-state index is 5.89. The second-order valence-corrected chi connectivity index (χ2v) is 5.02. The highest BCUT2D eigenvalue weighted by Crippen LogP contribution is 2.30. The number of nitrogens with zero attached hydrogens (tertiary/aromatic N) is 2. The van der Waals surface area contributed by atoms with Crippen molar-refractivity contribution in [2.24, 2.45) is 17.7 Å². The van der Waals surface area contributed by atoms with Gasteiger partial charge in [0.1, 0.15) is 6.10 Å². The molecule has 0 spiro atoms. The van der Waals surface area contributed by atoms with Gasteiger partial charge < -0.3 is 4.74 Å². The molecule has 1 saturated carbocycles. The molecule has 94 valence electrons. The summed E-state index contributed by atoms with van der Waals surface area (Å²) in [6, 6.07) is 1.77. The summed E-state index contributed by atoms with van der Waals surface area (Å²) in [4.78, 5) is 8.12. The van der Waals surface area contributed by atoms with Crippen molar-refractivity contribution in [1.29, 1.82) is 0 Å². The molecule has 0 saturated heterocycles. The zero-order valence-electron chi connectivity index (χ0n) is 10.4. The average Bonchev–Trinajstić information content (AvgIpc) is 2.28. The Labute approximate surface area is 102 Å². The van der Waals surface area contributed by atoms with Gasteiger partial charge in [-0.3, -0.25) is 5.43 Å². The highest BCUT2D eigenvalue weighted by atomic mass is 16.5. The molecule has 1 aromatic rings. The summed E-state index contributed by atoms with van der Waals surface area (Å²) in [6.07, 6.45) is 5.39. The molecule has 3 N–H and O–H groups in total. The van der Waals surface area contributed by atoms with E-state index in [2.05, 4.69) is 29.2 Å². The summed E-state index contributed by atoms with van der Waals surface area (Å²) in [5.74, 6) is 7.69. The van der Waals surface area contributed by atoms with E-state index in [1.165, 1.54) is 6.42 Å². The number of aromatic nitrogens is 2. The Morgan fingerprint density at radius 1 is 1.29 bits per heavy atom. The van der Waals surface area contributed by atoms with Gasteiger partial charge in [0, 0.05) is 12.3 Å². The fourth-order valence-corrected chi connectivity index (χ4v) is 2.62. The van der Waals surface area contributed by atoms with E-state index in [-0.39, 0.29) is 6.10 Å². The number of hydrazine groups is 1. The molecule has 2 rings (SSSR count). The third-order valence-corrected chi connectivity index (χ3v) is 3.18. The topological polar surface area (TPSA) is 73.1 Å². The van der Waals surface area contributed by atoms with Crippen molar-refractivity contribution in [3.8, 4) is 5.88 Å². The van der Waals surface area contributed by atoms with Crippen LogP contribution in [-0.4, -0.2) is 16.1 Å². The minimum absolute atomic E-state index is 0.259. The second kappa shape index (κ2) is 5.31. The molecule has 0 amide bonds. The number of anilines is 1. The van der Waals surface area contributed by atoms with Crippen LogP contribution in [0.1, 0.15) is 33.1 Å². The quantitative estimate of drug-likeness (QED) is 0.620. The lowest BCUT2D eigenvalue weighted by Gasteiger charge is -2.31. The lowest BCUT2D eigenvalue weighted by molar-refractivity contribution is 0.0967. The van der Waals surface area contributed by atoms with Crippen LogP contribution in [0.2, 0.25) is 0 Å². The Bertz CT molecular complexity index is 361. The van der Waals surface area contributed by atoms with Crippen LogP contribution in [0.15, 0.2) is 12.3 Å². The highest BCUT2D eigenvalue weighted by molar-refractivity contribution is 5.25. The van der Waals surface area contributed by atoms with Gasteiger partial charge in [-0.2, -0.15) is 4.98 Å². The Hall–Kier alpha value is -1.36. The summed E-state index contributed by atoms with van der Waals surface area (Å²) in [7, 11) is 0. The average molecular weight is 236 g/mol. The van der Waals surface area contributed by atoms with Gasteiger partial charge >= 0.3 is 0 Å². The molecular weight excluding hydrogens is 216 g/mol. The predicted octanol–water partition coefficient (Wildman–Crippen LogP) is 1.97. The van der Waals surface area contributed by atoms with E-state index in [0.717, 1.165) is 24.7 Å². The Kier molecular flexibility index (Phi) is 3.78. The maximum Gasteiger partial charge on any atom is 0.240 e. The molecule has 1 aromatic heterocycles. The van der Waals surface area contributed by atoms with Crippen LogP contribution in [-0.2, 0) is 0 Å². The van der Waals surface area contributed by atoms with Crippen molar-refractivity contribution in [2.45, 2.75) is 39.2 Å². The minimum atomic E-state index is 0.259. The third kappa shape index (κ3) is 3.30. The van der Waals surface area contributed by atoms with Gasteiger partial charge in [0.15, 0.2) is 0 Å². The first-order valence-electron chi connectivity index (χ1n) is 6.13. The highest BCUT2D eigenvalue weighted by Gasteiger charge is 2.25. The zero-order chi connectivity index (χ0) is 12.3. The summed E-state index contributed by atoms with van der Waals surface area (Å²) >= 11 is 0. The Morgan fingerprint density at radius 2 is 2.00 bits per heavy atom. The van der Waals surface area contributed by atoms with Crippen molar-refractivity contribution in [2.75, 3.05) is 5.43 Å². The number of nitrogen functional groups attached to an aromatic ring is 1. The fraction of sp³-hybridized carbons (Fsp3) is 0.667. The van der Waals surface area contributed by atoms with Gasteiger partial charge in [-0.15, -0.1) is 0 Å². The molecule has 2 atom stereocenters. The van der Waals surface area contributed by atoms with Gasteiger partial charge in [0.05, 0.1) is 0 Å². The van der Waals surface area contributed by atoms with E-state index < -0.39 is 0 Å². The number of nitrogens with two attached hydrogens (primary N) is 1. The van der Waals surface area contributed by atoms with Crippen LogP contribution >= 0.6 is 0 Å². The first-order chi connectivity index (χ1) is 8.17. The van der Waals surface area contributed by atoms with Crippen LogP contribution in [0.4, 0.5) is 5.95 Å². The number of hydrogen-bond acceptors (Lipinski definition) is 5. The smallest absolute Gasteiger partial charge is 0.240 e. The maximum atomic E-state index is 5.89. The molecule has 5 heteroatoms. The van der Waals surface area contributed by atoms with Crippen molar-refractivity contribution < 1.29 is 4.74 Å². The Balaban J connectivity index is 1.99. The molecule has 2 unspecified atom stereocenters. The van der Waals surface area contributed by atoms with Gasteiger partial charge in [0.25, 0.3) is 0 Å².